The molecule has 0 heterocycles. The van der Waals surface area contributed by atoms with Crippen LogP contribution in [0.15, 0.2) is 30.3 Å². The van der Waals surface area contributed by atoms with Crippen molar-refractivity contribution in [1.29, 1.82) is 0 Å². The summed E-state index contributed by atoms with van der Waals surface area (Å²) >= 11 is 0. The minimum atomic E-state index is -4.14. The average molecular weight is 233 g/mol. The van der Waals surface area contributed by atoms with Gasteiger partial charge in [-0.15, -0.1) is 0 Å². The van der Waals surface area contributed by atoms with Crippen LogP contribution in [-0.4, -0.2) is 24.7 Å². The lowest BCUT2D eigenvalue weighted by Gasteiger charge is -2.12. The first-order valence-corrected chi connectivity index (χ1v) is 5.68. The van der Waals surface area contributed by atoms with Crippen LogP contribution in [0.2, 0.25) is 0 Å². The van der Waals surface area contributed by atoms with Crippen LogP contribution in [0.25, 0.3) is 0 Å². The van der Waals surface area contributed by atoms with Crippen molar-refractivity contribution >= 4 is 10.1 Å². The summed E-state index contributed by atoms with van der Waals surface area (Å²) in [6.45, 7) is -0.278. The highest BCUT2D eigenvalue weighted by atomic mass is 32.2. The highest BCUT2D eigenvalue weighted by Gasteiger charge is 2.23. The maximum absolute atomic E-state index is 11.0. The van der Waals surface area contributed by atoms with Gasteiger partial charge in [0.05, 0.1) is 0 Å². The van der Waals surface area contributed by atoms with E-state index in [0.717, 1.165) is 0 Å². The van der Waals surface area contributed by atoms with Crippen LogP contribution in [-0.2, 0) is 10.1 Å². The lowest BCUT2D eigenvalue weighted by Crippen LogP contribution is -2.13. The summed E-state index contributed by atoms with van der Waals surface area (Å²) in [6.07, 6.45) is 0.00282. The molecule has 0 amide bonds. The van der Waals surface area contributed by atoms with E-state index in [1.165, 1.54) is 0 Å². The molecule has 0 aliphatic carbocycles. The highest BCUT2D eigenvalue weighted by molar-refractivity contribution is 7.86. The summed E-state index contributed by atoms with van der Waals surface area (Å²) in [5.74, 6) is 0. The Morgan fingerprint density at radius 1 is 1.20 bits per heavy atom. The monoisotopic (exact) mass is 233 g/mol. The van der Waals surface area contributed by atoms with Crippen molar-refractivity contribution in [2.24, 2.45) is 0 Å². The predicted octanol–water partition coefficient (Wildman–Crippen LogP) is 1.16. The van der Waals surface area contributed by atoms with Crippen molar-refractivity contribution < 1.29 is 18.1 Å². The number of aliphatic hydroxyl groups excluding tert-OH is 1. The van der Waals surface area contributed by atoms with Crippen molar-refractivity contribution in [3.8, 4) is 0 Å². The van der Waals surface area contributed by atoms with Crippen LogP contribution in [0, 0.1) is 0 Å². The smallest absolute Gasteiger partial charge is 0.272 e. The Labute approximate surface area is 89.1 Å². The lowest BCUT2D eigenvalue weighted by atomic mass is 10.1. The molecule has 1 aromatic rings. The van der Waals surface area contributed by atoms with E-state index in [-0.39, 0.29) is 19.2 Å². The second-order valence-corrected chi connectivity index (χ2v) is 4.53. The number of rotatable bonds is 4. The van der Waals surface area contributed by atoms with Crippen LogP contribution in [0.5, 0.6) is 0 Å². The molecule has 1 atom stereocenters. The highest BCUT2D eigenvalue weighted by Crippen LogP contribution is 2.24. The predicted molar refractivity (Wildman–Crippen MR) is 57.5 cm³/mol. The van der Waals surface area contributed by atoms with E-state index in [2.05, 4.69) is 0 Å². The van der Waals surface area contributed by atoms with E-state index >= 15 is 0 Å². The zero-order valence-corrected chi connectivity index (χ0v) is 9.02. The third-order valence-corrected chi connectivity index (χ3v) is 3.15. The second-order valence-electron chi connectivity index (χ2n) is 2.93. The average Bonchev–Trinajstić information content (AvgIpc) is 2.14. The summed E-state index contributed by atoms with van der Waals surface area (Å²) in [5.41, 5.74) is 0.490. The van der Waals surface area contributed by atoms with Crippen molar-refractivity contribution in [2.45, 2.75) is 11.7 Å². The molecule has 1 aromatic carbocycles. The molecule has 0 radical (unpaired) electrons. The van der Waals surface area contributed by atoms with E-state index in [4.69, 9.17) is 9.66 Å². The molecule has 0 aliphatic rings. The van der Waals surface area contributed by atoms with Gasteiger partial charge in [0.15, 0.2) is 0 Å². The van der Waals surface area contributed by atoms with E-state index in [1.807, 2.05) is 0 Å². The zero-order valence-electron chi connectivity index (χ0n) is 8.20. The molecule has 15 heavy (non-hydrogen) atoms. The number of hydrogen-bond acceptors (Lipinski definition) is 4. The zero-order chi connectivity index (χ0) is 10.6. The number of aliphatic hydroxyl groups is 1. The van der Waals surface area contributed by atoms with Gasteiger partial charge < -0.3 is 11.3 Å². The SMILES string of the molecule is N.O=S(=O)(O)C(CCO)c1ccccc1. The van der Waals surface area contributed by atoms with Gasteiger partial charge in [-0.05, 0) is 12.0 Å². The first-order chi connectivity index (χ1) is 6.55. The Morgan fingerprint density at radius 3 is 2.13 bits per heavy atom. The van der Waals surface area contributed by atoms with Gasteiger partial charge in [0.2, 0.25) is 0 Å². The Kier molecular flexibility index (Phi) is 5.45. The van der Waals surface area contributed by atoms with E-state index in [1.54, 1.807) is 30.3 Å². The summed E-state index contributed by atoms with van der Waals surface area (Å²) in [5, 5.41) is 7.65. The van der Waals surface area contributed by atoms with Gasteiger partial charge >= 0.3 is 0 Å². The number of benzene rings is 1. The maximum Gasteiger partial charge on any atom is 0.272 e. The van der Waals surface area contributed by atoms with Gasteiger partial charge in [0, 0.05) is 6.61 Å². The Balaban J connectivity index is 0.00000196. The first kappa shape index (κ1) is 14.1. The van der Waals surface area contributed by atoms with Gasteiger partial charge in [0.25, 0.3) is 10.1 Å². The first-order valence-electron chi connectivity index (χ1n) is 4.18. The second kappa shape index (κ2) is 5.82. The normalized spacial score (nSPS) is 12.9. The molecule has 0 fully saturated rings. The van der Waals surface area contributed by atoms with Crippen LogP contribution >= 0.6 is 0 Å². The van der Waals surface area contributed by atoms with E-state index < -0.39 is 15.4 Å². The summed E-state index contributed by atoms with van der Waals surface area (Å²) in [6, 6.07) is 8.33. The molecular formula is C9H15NO4S. The fourth-order valence-corrected chi connectivity index (χ4v) is 2.18. The van der Waals surface area contributed by atoms with Gasteiger partial charge in [-0.2, -0.15) is 8.42 Å². The molecule has 5 N–H and O–H groups in total. The molecule has 6 heteroatoms. The Morgan fingerprint density at radius 2 is 1.73 bits per heavy atom. The van der Waals surface area contributed by atoms with Gasteiger partial charge in [0.1, 0.15) is 5.25 Å². The fourth-order valence-electron chi connectivity index (χ4n) is 1.27. The van der Waals surface area contributed by atoms with Crippen molar-refractivity contribution in [3.63, 3.8) is 0 Å². The van der Waals surface area contributed by atoms with Crippen LogP contribution in [0.4, 0.5) is 0 Å². The van der Waals surface area contributed by atoms with Gasteiger partial charge in [-0.3, -0.25) is 4.55 Å². The quantitative estimate of drug-likeness (QED) is 0.676. The van der Waals surface area contributed by atoms with Gasteiger partial charge in [-0.25, -0.2) is 0 Å². The van der Waals surface area contributed by atoms with Gasteiger partial charge in [-0.1, -0.05) is 30.3 Å². The topological polar surface area (TPSA) is 110 Å². The molecule has 5 nitrogen and oxygen atoms in total. The molecule has 0 saturated carbocycles. The maximum atomic E-state index is 11.0. The van der Waals surface area contributed by atoms with Crippen molar-refractivity contribution in [3.05, 3.63) is 35.9 Å². The molecule has 0 spiro atoms. The molecule has 0 aliphatic heterocycles. The fraction of sp³-hybridized carbons (Fsp3) is 0.333. The molecule has 0 aromatic heterocycles. The van der Waals surface area contributed by atoms with Crippen LogP contribution < -0.4 is 6.15 Å². The molecule has 1 rings (SSSR count). The summed E-state index contributed by atoms with van der Waals surface area (Å²) in [4.78, 5) is 0. The third-order valence-electron chi connectivity index (χ3n) is 1.92. The van der Waals surface area contributed by atoms with E-state index in [0.29, 0.717) is 5.56 Å². The summed E-state index contributed by atoms with van der Waals surface area (Å²) in [7, 11) is -4.14. The minimum absolute atomic E-state index is 0. The number of hydrogen-bond donors (Lipinski definition) is 3. The molecular weight excluding hydrogens is 218 g/mol. The van der Waals surface area contributed by atoms with E-state index in [9.17, 15) is 8.42 Å². The molecule has 0 bridgehead atoms. The summed E-state index contributed by atoms with van der Waals surface area (Å²) < 4.78 is 30.9. The molecule has 1 unspecified atom stereocenters. The Bertz CT molecular complexity index is 376. The van der Waals surface area contributed by atoms with Crippen LogP contribution in [0.3, 0.4) is 0 Å². The van der Waals surface area contributed by atoms with Crippen molar-refractivity contribution in [2.75, 3.05) is 6.61 Å². The molecule has 0 saturated heterocycles. The minimum Gasteiger partial charge on any atom is -0.396 e. The van der Waals surface area contributed by atoms with Crippen molar-refractivity contribution in [1.82, 2.24) is 6.15 Å². The standard InChI is InChI=1S/C9H12O4S.H3N/c10-7-6-9(14(11,12)13)8-4-2-1-3-5-8;/h1-5,9-10H,6-7H2,(H,11,12,13);1H3. The molecule has 86 valence electrons. The largest absolute Gasteiger partial charge is 0.396 e. The third kappa shape index (κ3) is 3.96. The van der Waals surface area contributed by atoms with Crippen LogP contribution in [0.1, 0.15) is 17.2 Å². The lowest BCUT2D eigenvalue weighted by molar-refractivity contribution is 0.283. The Hall–Kier alpha value is -0.950.